The van der Waals surface area contributed by atoms with Crippen LogP contribution in [-0.4, -0.2) is 5.11 Å². The molecule has 2 rings (SSSR count). The molecule has 0 radical (unpaired) electrons. The molecule has 0 aliphatic carbocycles. The first-order valence-corrected chi connectivity index (χ1v) is 6.27. The van der Waals surface area contributed by atoms with E-state index in [1.54, 1.807) is 6.92 Å². The van der Waals surface area contributed by atoms with Crippen molar-refractivity contribution in [3.63, 3.8) is 0 Å². The van der Waals surface area contributed by atoms with Crippen LogP contribution in [0.2, 0.25) is 0 Å². The van der Waals surface area contributed by atoms with Crippen LogP contribution < -0.4 is 0 Å². The second-order valence-corrected chi connectivity index (χ2v) is 5.16. The maximum absolute atomic E-state index is 13.7. The number of benzene rings is 2. The lowest BCUT2D eigenvalue weighted by atomic mass is 9.99. The molecule has 100 valence electrons. The highest BCUT2D eigenvalue weighted by Crippen LogP contribution is 2.30. The van der Waals surface area contributed by atoms with Gasteiger partial charge in [0.2, 0.25) is 0 Å². The molecule has 2 aromatic rings. The van der Waals surface area contributed by atoms with Crippen molar-refractivity contribution in [2.24, 2.45) is 0 Å². The maximum Gasteiger partial charge on any atom is 0.133 e. The summed E-state index contributed by atoms with van der Waals surface area (Å²) in [6.45, 7) is 1.63. The van der Waals surface area contributed by atoms with Crippen molar-refractivity contribution < 1.29 is 18.3 Å². The zero-order valence-corrected chi connectivity index (χ0v) is 11.5. The van der Waals surface area contributed by atoms with Crippen molar-refractivity contribution in [3.8, 4) is 0 Å². The van der Waals surface area contributed by atoms with Gasteiger partial charge in [-0.15, -0.1) is 0 Å². The van der Waals surface area contributed by atoms with Crippen LogP contribution in [0.5, 0.6) is 0 Å². The van der Waals surface area contributed by atoms with E-state index in [4.69, 9.17) is 0 Å². The van der Waals surface area contributed by atoms with Gasteiger partial charge < -0.3 is 5.11 Å². The highest BCUT2D eigenvalue weighted by molar-refractivity contribution is 9.10. The molecule has 0 amide bonds. The summed E-state index contributed by atoms with van der Waals surface area (Å²) in [7, 11) is 0. The maximum atomic E-state index is 13.7. The molecule has 0 aliphatic rings. The van der Waals surface area contributed by atoms with Crippen LogP contribution in [0.3, 0.4) is 0 Å². The average Bonchev–Trinajstić information content (AvgIpc) is 2.25. The Morgan fingerprint density at radius 1 is 1.00 bits per heavy atom. The Hall–Kier alpha value is -1.33. The highest BCUT2D eigenvalue weighted by atomic mass is 79.9. The van der Waals surface area contributed by atoms with E-state index in [0.29, 0.717) is 5.56 Å². The SMILES string of the molecule is Cc1cc(F)cc(C(O)c2c(F)cc(Br)cc2F)c1. The van der Waals surface area contributed by atoms with Crippen molar-refractivity contribution in [3.05, 3.63) is 68.9 Å². The van der Waals surface area contributed by atoms with Crippen LogP contribution in [0.1, 0.15) is 22.8 Å². The number of hydrogen-bond donors (Lipinski definition) is 1. The standard InChI is InChI=1S/C14H10BrF3O/c1-7-2-8(4-10(16)3-7)14(19)13-11(17)5-9(15)6-12(13)18/h2-6,14,19H,1H3. The summed E-state index contributed by atoms with van der Waals surface area (Å²) in [6, 6.07) is 5.90. The van der Waals surface area contributed by atoms with Crippen LogP contribution in [0.25, 0.3) is 0 Å². The van der Waals surface area contributed by atoms with Gasteiger partial charge in [-0.2, -0.15) is 0 Å². The second kappa shape index (κ2) is 5.35. The topological polar surface area (TPSA) is 20.2 Å². The third-order valence-corrected chi connectivity index (χ3v) is 3.16. The fourth-order valence-corrected chi connectivity index (χ4v) is 2.31. The Kier molecular flexibility index (Phi) is 3.96. The summed E-state index contributed by atoms with van der Waals surface area (Å²) in [5.74, 6) is -2.34. The fraction of sp³-hybridized carbons (Fsp3) is 0.143. The summed E-state index contributed by atoms with van der Waals surface area (Å²) in [5, 5.41) is 10.0. The summed E-state index contributed by atoms with van der Waals surface area (Å²) in [6.07, 6.45) is -1.55. The van der Waals surface area contributed by atoms with E-state index in [2.05, 4.69) is 15.9 Å². The van der Waals surface area contributed by atoms with Gasteiger partial charge in [-0.25, -0.2) is 13.2 Å². The van der Waals surface area contributed by atoms with E-state index in [1.807, 2.05) is 0 Å². The lowest BCUT2D eigenvalue weighted by Gasteiger charge is -2.14. The molecular formula is C14H10BrF3O. The van der Waals surface area contributed by atoms with Crippen LogP contribution >= 0.6 is 15.9 Å². The van der Waals surface area contributed by atoms with Crippen LogP contribution in [0, 0.1) is 24.4 Å². The largest absolute Gasteiger partial charge is 0.383 e. The molecule has 1 N–H and O–H groups in total. The van der Waals surface area contributed by atoms with E-state index in [1.165, 1.54) is 12.1 Å². The number of rotatable bonds is 2. The third-order valence-electron chi connectivity index (χ3n) is 2.70. The van der Waals surface area contributed by atoms with E-state index in [-0.39, 0.29) is 10.0 Å². The molecule has 1 nitrogen and oxygen atoms in total. The van der Waals surface area contributed by atoms with Gasteiger partial charge in [-0.1, -0.05) is 22.0 Å². The molecule has 5 heteroatoms. The van der Waals surface area contributed by atoms with Gasteiger partial charge >= 0.3 is 0 Å². The van der Waals surface area contributed by atoms with E-state index < -0.39 is 29.1 Å². The Balaban J connectivity index is 2.52. The minimum Gasteiger partial charge on any atom is -0.383 e. The number of aliphatic hydroxyl groups excluding tert-OH is 1. The van der Waals surface area contributed by atoms with E-state index in [0.717, 1.165) is 18.2 Å². The van der Waals surface area contributed by atoms with Gasteiger partial charge in [0.15, 0.2) is 0 Å². The molecule has 1 unspecified atom stereocenters. The third kappa shape index (κ3) is 2.98. The number of halogens is 4. The number of hydrogen-bond acceptors (Lipinski definition) is 1. The zero-order valence-electron chi connectivity index (χ0n) is 9.92. The molecule has 19 heavy (non-hydrogen) atoms. The first-order chi connectivity index (χ1) is 8.88. The van der Waals surface area contributed by atoms with Gasteiger partial charge in [-0.3, -0.25) is 0 Å². The predicted octanol–water partition coefficient (Wildman–Crippen LogP) is 4.26. The van der Waals surface area contributed by atoms with Crippen molar-refractivity contribution in [1.29, 1.82) is 0 Å². The van der Waals surface area contributed by atoms with Crippen LogP contribution in [0.4, 0.5) is 13.2 Å². The molecule has 0 aromatic heterocycles. The van der Waals surface area contributed by atoms with E-state index >= 15 is 0 Å². The Morgan fingerprint density at radius 2 is 1.58 bits per heavy atom. The quantitative estimate of drug-likeness (QED) is 0.872. The summed E-state index contributed by atoms with van der Waals surface area (Å²) >= 11 is 2.95. The Bertz CT molecular complexity index is 585. The summed E-state index contributed by atoms with van der Waals surface area (Å²) in [5.41, 5.74) is 0.179. The van der Waals surface area contributed by atoms with Crippen molar-refractivity contribution in [2.75, 3.05) is 0 Å². The molecule has 0 heterocycles. The summed E-state index contributed by atoms with van der Waals surface area (Å²) in [4.78, 5) is 0. The van der Waals surface area contributed by atoms with Gasteiger partial charge in [0, 0.05) is 4.47 Å². The second-order valence-electron chi connectivity index (χ2n) is 4.25. The summed E-state index contributed by atoms with van der Waals surface area (Å²) < 4.78 is 40.9. The average molecular weight is 331 g/mol. The van der Waals surface area contributed by atoms with Gasteiger partial charge in [-0.05, 0) is 42.3 Å². The molecule has 0 spiro atoms. The van der Waals surface area contributed by atoms with Gasteiger partial charge in [0.1, 0.15) is 23.6 Å². The molecule has 2 aromatic carbocycles. The fourth-order valence-electron chi connectivity index (χ4n) is 1.90. The zero-order chi connectivity index (χ0) is 14.2. The Morgan fingerprint density at radius 3 is 2.11 bits per heavy atom. The van der Waals surface area contributed by atoms with Crippen LogP contribution in [-0.2, 0) is 0 Å². The smallest absolute Gasteiger partial charge is 0.133 e. The molecular weight excluding hydrogens is 321 g/mol. The van der Waals surface area contributed by atoms with Gasteiger partial charge in [0.25, 0.3) is 0 Å². The lowest BCUT2D eigenvalue weighted by Crippen LogP contribution is -2.06. The monoisotopic (exact) mass is 330 g/mol. The molecule has 0 saturated heterocycles. The minimum atomic E-state index is -1.55. The van der Waals surface area contributed by atoms with Gasteiger partial charge in [0.05, 0.1) is 5.56 Å². The lowest BCUT2D eigenvalue weighted by molar-refractivity contribution is 0.208. The molecule has 0 bridgehead atoms. The molecule has 0 aliphatic heterocycles. The minimum absolute atomic E-state index is 0.109. The normalized spacial score (nSPS) is 12.5. The predicted molar refractivity (Wildman–Crippen MR) is 69.3 cm³/mol. The van der Waals surface area contributed by atoms with Crippen molar-refractivity contribution >= 4 is 15.9 Å². The Labute approximate surface area is 116 Å². The molecule has 1 atom stereocenters. The van der Waals surface area contributed by atoms with Crippen LogP contribution in [0.15, 0.2) is 34.8 Å². The van der Waals surface area contributed by atoms with Crippen molar-refractivity contribution in [2.45, 2.75) is 13.0 Å². The number of aryl methyl sites for hydroxylation is 1. The van der Waals surface area contributed by atoms with E-state index in [9.17, 15) is 18.3 Å². The molecule has 0 fully saturated rings. The number of aliphatic hydroxyl groups is 1. The van der Waals surface area contributed by atoms with Crippen molar-refractivity contribution in [1.82, 2.24) is 0 Å². The first kappa shape index (κ1) is 14.1. The highest BCUT2D eigenvalue weighted by Gasteiger charge is 2.21. The first-order valence-electron chi connectivity index (χ1n) is 5.48. The molecule has 0 saturated carbocycles.